The Hall–Kier alpha value is 0.242. The molecule has 0 aromatic heterocycles. The molecule has 0 aromatic carbocycles. The van der Waals surface area contributed by atoms with Gasteiger partial charge in [-0.2, -0.15) is 0 Å². The van der Waals surface area contributed by atoms with Crippen molar-refractivity contribution in [1.82, 2.24) is 0 Å². The van der Waals surface area contributed by atoms with Crippen LogP contribution < -0.4 is 28.2 Å². The van der Waals surface area contributed by atoms with Gasteiger partial charge in [0.25, 0.3) is 0 Å². The van der Waals surface area contributed by atoms with Crippen LogP contribution in [0.4, 0.5) is 0 Å². The van der Waals surface area contributed by atoms with Gasteiger partial charge in [0.2, 0.25) is 0 Å². The SMILES string of the molecule is [F-].[F-].[F-].[F-].[F-].[F-].[Re+6]. The molecule has 0 spiro atoms. The minimum atomic E-state index is 0. The molecule has 0 unspecified atom stereocenters. The number of halogens is 6. The van der Waals surface area contributed by atoms with Gasteiger partial charge in [-0.1, -0.05) is 0 Å². The molecule has 0 fully saturated rings. The van der Waals surface area contributed by atoms with E-state index in [1.54, 1.807) is 0 Å². The van der Waals surface area contributed by atoms with Gasteiger partial charge in [0.15, 0.2) is 0 Å². The summed E-state index contributed by atoms with van der Waals surface area (Å²) in [5.41, 5.74) is 0. The minimum absolute atomic E-state index is 0. The average molecular weight is 300 g/mol. The van der Waals surface area contributed by atoms with Crippen LogP contribution in [0.25, 0.3) is 0 Å². The fourth-order valence-electron chi connectivity index (χ4n) is 0. The van der Waals surface area contributed by atoms with Gasteiger partial charge in [0.1, 0.15) is 0 Å². The van der Waals surface area contributed by atoms with E-state index in [-0.39, 0.29) is 48.6 Å². The Balaban J connectivity index is 0. The molecule has 0 saturated heterocycles. The van der Waals surface area contributed by atoms with Gasteiger partial charge in [-0.05, 0) is 0 Å². The smallest absolute Gasteiger partial charge is 1.00 e. The summed E-state index contributed by atoms with van der Waals surface area (Å²) >= 11 is 0. The van der Waals surface area contributed by atoms with E-state index < -0.39 is 0 Å². The Kier molecular flexibility index (Phi) is 2010000. The third-order valence-electron chi connectivity index (χ3n) is 0. The van der Waals surface area contributed by atoms with E-state index in [1.807, 2.05) is 0 Å². The topological polar surface area (TPSA) is 0 Å². The van der Waals surface area contributed by atoms with Crippen LogP contribution in [0.5, 0.6) is 0 Å². The summed E-state index contributed by atoms with van der Waals surface area (Å²) in [5, 5.41) is 0. The zero-order chi connectivity index (χ0) is 0. The predicted octanol–water partition coefficient (Wildman–Crippen LogP) is -18.0. The Morgan fingerprint density at radius 3 is 0.286 bits per heavy atom. The number of rotatable bonds is 0. The maximum absolute atomic E-state index is 0. The molecule has 0 N–H and O–H groups in total. The Morgan fingerprint density at radius 1 is 0.286 bits per heavy atom. The molecule has 0 aliphatic rings. The fourth-order valence-corrected chi connectivity index (χ4v) is 0. The molecule has 7 heavy (non-hydrogen) atoms. The minimum Gasteiger partial charge on any atom is -1.00 e. The van der Waals surface area contributed by atoms with Gasteiger partial charge in [0, 0.05) is 0 Å². The van der Waals surface area contributed by atoms with E-state index in [2.05, 4.69) is 0 Å². The first-order chi connectivity index (χ1) is 0. The van der Waals surface area contributed by atoms with E-state index >= 15 is 0 Å². The van der Waals surface area contributed by atoms with Gasteiger partial charge in [-0.15, -0.1) is 0 Å². The summed E-state index contributed by atoms with van der Waals surface area (Å²) in [6.45, 7) is 0. The van der Waals surface area contributed by atoms with Crippen LogP contribution in [0.15, 0.2) is 0 Å². The summed E-state index contributed by atoms with van der Waals surface area (Å²) in [6.07, 6.45) is 0. The zero-order valence-corrected chi connectivity index (χ0v) is 5.36. The van der Waals surface area contributed by atoms with E-state index in [9.17, 15) is 0 Å². The number of hydrogen-bond donors (Lipinski definition) is 0. The summed E-state index contributed by atoms with van der Waals surface area (Å²) in [5.74, 6) is 0. The van der Waals surface area contributed by atoms with Crippen molar-refractivity contribution in [3.63, 3.8) is 0 Å². The van der Waals surface area contributed by atoms with Crippen molar-refractivity contribution >= 4 is 0 Å². The third-order valence-corrected chi connectivity index (χ3v) is 0. The third kappa shape index (κ3) is 1910. The normalized spacial score (nSPS) is 0. The summed E-state index contributed by atoms with van der Waals surface area (Å²) in [4.78, 5) is 0. The molecule has 0 aliphatic carbocycles. The standard InChI is InChI=1S/6FH.Re/h6*1H;/q;;;;;;+6/p-6. The molecule has 0 amide bonds. The monoisotopic (exact) mass is 301 g/mol. The summed E-state index contributed by atoms with van der Waals surface area (Å²) in [6, 6.07) is 0. The van der Waals surface area contributed by atoms with Crippen molar-refractivity contribution in [3.05, 3.63) is 0 Å². The molecule has 49 valence electrons. The van der Waals surface area contributed by atoms with E-state index in [0.717, 1.165) is 0 Å². The molecule has 0 heterocycles. The first kappa shape index (κ1) is 4810. The van der Waals surface area contributed by atoms with E-state index in [0.29, 0.717) is 0 Å². The molecule has 0 rings (SSSR count). The van der Waals surface area contributed by atoms with Crippen LogP contribution in [0.1, 0.15) is 0 Å². The molecular weight excluding hydrogens is 300 g/mol. The second kappa shape index (κ2) is 2920. The summed E-state index contributed by atoms with van der Waals surface area (Å²) < 4.78 is 0. The van der Waals surface area contributed by atoms with Crippen LogP contribution >= 0.6 is 0 Å². The van der Waals surface area contributed by atoms with Crippen molar-refractivity contribution in [1.29, 1.82) is 0 Å². The first-order valence-electron chi connectivity index (χ1n) is 0. The zero-order valence-electron chi connectivity index (χ0n) is 2.65. The molecule has 0 aromatic rings. The van der Waals surface area contributed by atoms with Crippen molar-refractivity contribution in [2.45, 2.75) is 0 Å². The maximum Gasteiger partial charge on any atom is 6.00 e. The Labute approximate surface area is 49.5 Å². The Bertz CT molecular complexity index is 4.14. The average Bonchev–Trinajstić information content (AvgIpc) is 0. The largest absolute Gasteiger partial charge is 6.00 e. The van der Waals surface area contributed by atoms with Crippen LogP contribution in [0, 0.1) is 0 Å². The van der Waals surface area contributed by atoms with Crippen molar-refractivity contribution < 1.29 is 48.6 Å². The second-order valence-electron chi connectivity index (χ2n) is 0. The van der Waals surface area contributed by atoms with E-state index in [1.165, 1.54) is 0 Å². The molecule has 0 atom stereocenters. The molecule has 0 aliphatic heterocycles. The van der Waals surface area contributed by atoms with Gasteiger partial charge < -0.3 is 28.2 Å². The van der Waals surface area contributed by atoms with Gasteiger partial charge in [0.05, 0.1) is 0 Å². The van der Waals surface area contributed by atoms with Crippen molar-refractivity contribution in [3.8, 4) is 0 Å². The first-order valence-corrected chi connectivity index (χ1v) is 0. The maximum atomic E-state index is 0. The van der Waals surface area contributed by atoms with Crippen LogP contribution in [0.3, 0.4) is 0 Å². The van der Waals surface area contributed by atoms with Crippen LogP contribution in [-0.4, -0.2) is 0 Å². The van der Waals surface area contributed by atoms with Gasteiger partial charge in [-0.25, -0.2) is 0 Å². The molecule has 7 heteroatoms. The molecule has 0 nitrogen and oxygen atoms in total. The Morgan fingerprint density at radius 2 is 0.286 bits per heavy atom. The fraction of sp³-hybridized carbons (Fsp3) is 0. The molecule has 0 saturated carbocycles. The molecule has 0 bridgehead atoms. The van der Waals surface area contributed by atoms with Gasteiger partial charge >= 0.3 is 20.4 Å². The van der Waals surface area contributed by atoms with Crippen LogP contribution in [0.2, 0.25) is 0 Å². The van der Waals surface area contributed by atoms with Gasteiger partial charge in [-0.3, -0.25) is 0 Å². The number of hydrogen-bond acceptors (Lipinski definition) is 0. The molecule has 1 radical (unpaired) electrons. The van der Waals surface area contributed by atoms with Crippen LogP contribution in [-0.2, 0) is 20.4 Å². The van der Waals surface area contributed by atoms with Crippen molar-refractivity contribution in [2.24, 2.45) is 0 Å². The quantitative estimate of drug-likeness (QED) is 0.390. The molecular formula is F6Re. The van der Waals surface area contributed by atoms with E-state index in [4.69, 9.17) is 0 Å². The predicted molar refractivity (Wildman–Crippen MR) is 0 cm³/mol. The van der Waals surface area contributed by atoms with Crippen molar-refractivity contribution in [2.75, 3.05) is 0 Å². The summed E-state index contributed by atoms with van der Waals surface area (Å²) in [7, 11) is 0. The second-order valence-corrected chi connectivity index (χ2v) is 0.